The third kappa shape index (κ3) is 3.99. The lowest BCUT2D eigenvalue weighted by Crippen LogP contribution is -2.14. The average molecular weight is 390 g/mol. The molecule has 0 saturated carbocycles. The summed E-state index contributed by atoms with van der Waals surface area (Å²) >= 11 is 4.70. The van der Waals surface area contributed by atoms with E-state index in [0.717, 1.165) is 15.1 Å². The Morgan fingerprint density at radius 2 is 2.05 bits per heavy atom. The Labute approximate surface area is 137 Å². The van der Waals surface area contributed by atoms with Crippen LogP contribution in [0.4, 0.5) is 5.69 Å². The lowest BCUT2D eigenvalue weighted by atomic mass is 10.3. The van der Waals surface area contributed by atoms with Crippen LogP contribution in [0.3, 0.4) is 0 Å². The SMILES string of the molecule is CCCOc1ccccc1NS(=O)(=O)c1cc(Br)sc1C. The number of thiophene rings is 1. The van der Waals surface area contributed by atoms with Gasteiger partial charge in [0.1, 0.15) is 10.6 Å². The van der Waals surface area contributed by atoms with E-state index in [0.29, 0.717) is 18.0 Å². The van der Waals surface area contributed by atoms with Gasteiger partial charge in [0, 0.05) is 4.88 Å². The van der Waals surface area contributed by atoms with Gasteiger partial charge in [-0.15, -0.1) is 11.3 Å². The summed E-state index contributed by atoms with van der Waals surface area (Å²) in [7, 11) is -3.62. The molecule has 1 aromatic carbocycles. The van der Waals surface area contributed by atoms with Crippen molar-refractivity contribution in [3.63, 3.8) is 0 Å². The fraction of sp³-hybridized carbons (Fsp3) is 0.286. The lowest BCUT2D eigenvalue weighted by Gasteiger charge is -2.13. The van der Waals surface area contributed by atoms with Crippen LogP contribution in [0.25, 0.3) is 0 Å². The first kappa shape index (κ1) is 16.3. The van der Waals surface area contributed by atoms with Crippen LogP contribution in [-0.2, 0) is 10.0 Å². The second-order valence-corrected chi connectivity index (χ2v) is 8.71. The van der Waals surface area contributed by atoms with Crippen LogP contribution in [0, 0.1) is 6.92 Å². The van der Waals surface area contributed by atoms with Crippen molar-refractivity contribution in [3.8, 4) is 5.75 Å². The van der Waals surface area contributed by atoms with Crippen LogP contribution >= 0.6 is 27.3 Å². The van der Waals surface area contributed by atoms with Gasteiger partial charge in [0.15, 0.2) is 0 Å². The van der Waals surface area contributed by atoms with Crippen molar-refractivity contribution in [2.45, 2.75) is 25.2 Å². The quantitative estimate of drug-likeness (QED) is 0.795. The Balaban J connectivity index is 2.31. The maximum absolute atomic E-state index is 12.5. The number of hydrogen-bond donors (Lipinski definition) is 1. The Kier molecular flexibility index (Phi) is 5.29. The largest absolute Gasteiger partial charge is 0.491 e. The molecule has 0 spiro atoms. The fourth-order valence-corrected chi connectivity index (χ4v) is 5.27. The van der Waals surface area contributed by atoms with E-state index in [2.05, 4.69) is 20.7 Å². The van der Waals surface area contributed by atoms with Gasteiger partial charge in [-0.05, 0) is 47.5 Å². The van der Waals surface area contributed by atoms with Gasteiger partial charge in [-0.1, -0.05) is 19.1 Å². The third-order valence-electron chi connectivity index (χ3n) is 2.72. The molecule has 0 aliphatic rings. The molecule has 4 nitrogen and oxygen atoms in total. The molecule has 1 heterocycles. The third-order valence-corrected chi connectivity index (χ3v) is 5.90. The number of rotatable bonds is 6. The van der Waals surface area contributed by atoms with Gasteiger partial charge in [-0.25, -0.2) is 8.42 Å². The molecule has 2 rings (SSSR count). The molecule has 2 aromatic rings. The number of halogens is 1. The number of ether oxygens (including phenoxy) is 1. The maximum atomic E-state index is 12.5. The minimum absolute atomic E-state index is 0.282. The Morgan fingerprint density at radius 1 is 1.33 bits per heavy atom. The van der Waals surface area contributed by atoms with Gasteiger partial charge < -0.3 is 4.74 Å². The number of nitrogens with one attached hydrogen (secondary N) is 1. The smallest absolute Gasteiger partial charge is 0.263 e. The monoisotopic (exact) mass is 389 g/mol. The molecule has 0 amide bonds. The van der Waals surface area contributed by atoms with Crippen LogP contribution in [-0.4, -0.2) is 15.0 Å². The summed E-state index contributed by atoms with van der Waals surface area (Å²) in [4.78, 5) is 1.02. The number of sulfonamides is 1. The van der Waals surface area contributed by atoms with Crippen molar-refractivity contribution in [1.82, 2.24) is 0 Å². The summed E-state index contributed by atoms with van der Waals surface area (Å²) in [6.45, 7) is 4.32. The zero-order chi connectivity index (χ0) is 15.5. The minimum atomic E-state index is -3.62. The van der Waals surface area contributed by atoms with Crippen molar-refractivity contribution >= 4 is 43.0 Å². The van der Waals surface area contributed by atoms with E-state index in [1.54, 1.807) is 31.2 Å². The van der Waals surface area contributed by atoms with Gasteiger partial charge in [0.05, 0.1) is 16.1 Å². The van der Waals surface area contributed by atoms with E-state index in [1.165, 1.54) is 11.3 Å². The van der Waals surface area contributed by atoms with Crippen LogP contribution in [0.1, 0.15) is 18.2 Å². The summed E-state index contributed by atoms with van der Waals surface area (Å²) in [5.74, 6) is 0.537. The predicted molar refractivity (Wildman–Crippen MR) is 89.8 cm³/mol. The van der Waals surface area contributed by atoms with Gasteiger partial charge >= 0.3 is 0 Å². The highest BCUT2D eigenvalue weighted by atomic mass is 79.9. The van der Waals surface area contributed by atoms with E-state index in [9.17, 15) is 8.42 Å². The maximum Gasteiger partial charge on any atom is 0.263 e. The first-order chi connectivity index (χ1) is 9.94. The van der Waals surface area contributed by atoms with Crippen molar-refractivity contribution in [2.75, 3.05) is 11.3 Å². The standard InChI is InChI=1S/C14H16BrNO3S2/c1-3-8-19-12-7-5-4-6-11(12)16-21(17,18)13-9-14(15)20-10(13)2/h4-7,9,16H,3,8H2,1-2H3. The summed E-state index contributed by atoms with van der Waals surface area (Å²) in [5.41, 5.74) is 0.452. The zero-order valence-corrected chi connectivity index (χ0v) is 14.9. The topological polar surface area (TPSA) is 55.4 Å². The molecule has 1 N–H and O–H groups in total. The second kappa shape index (κ2) is 6.81. The molecule has 0 saturated heterocycles. The van der Waals surface area contributed by atoms with Gasteiger partial charge in [-0.2, -0.15) is 0 Å². The normalized spacial score (nSPS) is 11.4. The Bertz CT molecular complexity index is 726. The molecule has 0 radical (unpaired) electrons. The van der Waals surface area contributed by atoms with Gasteiger partial charge in [0.25, 0.3) is 10.0 Å². The summed E-state index contributed by atoms with van der Waals surface area (Å²) in [6, 6.07) is 8.64. The molecule has 21 heavy (non-hydrogen) atoms. The van der Waals surface area contributed by atoms with Crippen molar-refractivity contribution in [1.29, 1.82) is 0 Å². The highest BCUT2D eigenvalue weighted by molar-refractivity contribution is 9.11. The highest BCUT2D eigenvalue weighted by Gasteiger charge is 2.21. The molecule has 0 atom stereocenters. The van der Waals surface area contributed by atoms with E-state index in [4.69, 9.17) is 4.74 Å². The van der Waals surface area contributed by atoms with Crippen LogP contribution < -0.4 is 9.46 Å². The molecule has 0 fully saturated rings. The van der Waals surface area contributed by atoms with Crippen LogP contribution in [0.15, 0.2) is 39.0 Å². The second-order valence-electron chi connectivity index (χ2n) is 4.42. The highest BCUT2D eigenvalue weighted by Crippen LogP contribution is 2.32. The van der Waals surface area contributed by atoms with E-state index in [-0.39, 0.29) is 4.90 Å². The van der Waals surface area contributed by atoms with E-state index in [1.807, 2.05) is 13.0 Å². The van der Waals surface area contributed by atoms with E-state index >= 15 is 0 Å². The predicted octanol–water partition coefficient (Wildman–Crippen LogP) is 4.41. The van der Waals surface area contributed by atoms with Crippen LogP contribution in [0.2, 0.25) is 0 Å². The molecule has 0 aliphatic heterocycles. The summed E-state index contributed by atoms with van der Waals surface area (Å²) in [5, 5.41) is 0. The molecular weight excluding hydrogens is 374 g/mol. The molecule has 0 unspecified atom stereocenters. The lowest BCUT2D eigenvalue weighted by molar-refractivity contribution is 0.319. The number of anilines is 1. The van der Waals surface area contributed by atoms with Gasteiger partial charge in [0.2, 0.25) is 0 Å². The molecule has 7 heteroatoms. The zero-order valence-electron chi connectivity index (χ0n) is 11.7. The number of benzene rings is 1. The average Bonchev–Trinajstić information content (AvgIpc) is 2.77. The summed E-state index contributed by atoms with van der Waals surface area (Å²) < 4.78 is 33.9. The Hall–Kier alpha value is -1.05. The van der Waals surface area contributed by atoms with Crippen molar-refractivity contribution < 1.29 is 13.2 Å². The first-order valence-electron chi connectivity index (χ1n) is 6.44. The number of hydrogen-bond acceptors (Lipinski definition) is 4. The fourth-order valence-electron chi connectivity index (χ4n) is 1.79. The summed E-state index contributed by atoms with van der Waals surface area (Å²) in [6.07, 6.45) is 0.859. The molecular formula is C14H16BrNO3S2. The first-order valence-corrected chi connectivity index (χ1v) is 9.54. The van der Waals surface area contributed by atoms with Gasteiger partial charge in [-0.3, -0.25) is 4.72 Å². The number of para-hydroxylation sites is 2. The van der Waals surface area contributed by atoms with E-state index < -0.39 is 10.0 Å². The van der Waals surface area contributed by atoms with Crippen LogP contribution in [0.5, 0.6) is 5.75 Å². The number of aryl methyl sites for hydroxylation is 1. The minimum Gasteiger partial charge on any atom is -0.491 e. The molecule has 0 aliphatic carbocycles. The van der Waals surface area contributed by atoms with Crippen molar-refractivity contribution in [2.24, 2.45) is 0 Å². The molecule has 0 bridgehead atoms. The molecule has 1 aromatic heterocycles. The molecule has 114 valence electrons. The van der Waals surface area contributed by atoms with Crippen molar-refractivity contribution in [3.05, 3.63) is 39.0 Å². The Morgan fingerprint density at radius 3 is 2.67 bits per heavy atom.